The van der Waals surface area contributed by atoms with Crippen molar-refractivity contribution in [3.8, 4) is 5.75 Å². The van der Waals surface area contributed by atoms with Gasteiger partial charge in [0.2, 0.25) is 0 Å². The van der Waals surface area contributed by atoms with E-state index in [2.05, 4.69) is 10.6 Å². The maximum absolute atomic E-state index is 13.5. The number of rotatable bonds is 7. The van der Waals surface area contributed by atoms with Crippen LogP contribution in [0, 0.1) is 5.82 Å². The van der Waals surface area contributed by atoms with Crippen LogP contribution in [0.25, 0.3) is 0 Å². The average Bonchev–Trinajstić information content (AvgIpc) is 3.47. The van der Waals surface area contributed by atoms with Gasteiger partial charge in [0.25, 0.3) is 5.91 Å². The number of ether oxygens (including phenoxy) is 1. The van der Waals surface area contributed by atoms with E-state index in [1.807, 2.05) is 0 Å². The van der Waals surface area contributed by atoms with E-state index in [4.69, 9.17) is 4.74 Å². The van der Waals surface area contributed by atoms with Crippen LogP contribution in [-0.2, 0) is 0 Å². The number of nitrogens with zero attached hydrogens (tertiary/aromatic N) is 1. The number of amides is 3. The second kappa shape index (κ2) is 8.53. The molecule has 0 radical (unpaired) electrons. The number of carbonyl (C=O) groups excluding carboxylic acids is 2. The Bertz CT molecular complexity index is 806. The molecule has 0 saturated heterocycles. The topological polar surface area (TPSA) is 70.7 Å². The number of hydrogen-bond donors (Lipinski definition) is 2. The molecule has 0 aromatic heterocycles. The number of benzene rings is 2. The summed E-state index contributed by atoms with van der Waals surface area (Å²) in [5.41, 5.74) is 1.12. The molecule has 3 rings (SSSR count). The van der Waals surface area contributed by atoms with Gasteiger partial charge in [0.05, 0.1) is 6.54 Å². The van der Waals surface area contributed by atoms with Crippen molar-refractivity contribution < 1.29 is 18.7 Å². The molecule has 0 heterocycles. The lowest BCUT2D eigenvalue weighted by atomic mass is 10.2. The number of urea groups is 1. The minimum absolute atomic E-state index is 0.165. The van der Waals surface area contributed by atoms with Crippen LogP contribution in [0.15, 0.2) is 48.5 Å². The minimum Gasteiger partial charge on any atom is -0.489 e. The normalized spacial score (nSPS) is 13.0. The van der Waals surface area contributed by atoms with E-state index >= 15 is 0 Å². The molecule has 2 N–H and O–H groups in total. The van der Waals surface area contributed by atoms with Gasteiger partial charge in [-0.2, -0.15) is 0 Å². The van der Waals surface area contributed by atoms with Crippen molar-refractivity contribution >= 4 is 17.6 Å². The number of hydrogen-bond acceptors (Lipinski definition) is 3. The van der Waals surface area contributed by atoms with E-state index in [1.165, 1.54) is 11.0 Å². The number of anilines is 1. The van der Waals surface area contributed by atoms with Crippen molar-refractivity contribution in [1.82, 2.24) is 10.2 Å². The van der Waals surface area contributed by atoms with Gasteiger partial charge in [0, 0.05) is 24.3 Å². The molecule has 1 saturated carbocycles. The zero-order chi connectivity index (χ0) is 19.2. The Morgan fingerprint density at radius 2 is 1.85 bits per heavy atom. The molecule has 0 unspecified atom stereocenters. The van der Waals surface area contributed by atoms with E-state index in [0.29, 0.717) is 17.8 Å². The van der Waals surface area contributed by atoms with Crippen molar-refractivity contribution in [1.29, 1.82) is 0 Å². The fourth-order valence-corrected chi connectivity index (χ4v) is 2.45. The van der Waals surface area contributed by atoms with E-state index in [1.54, 1.807) is 49.5 Å². The maximum Gasteiger partial charge on any atom is 0.319 e. The second-order valence-corrected chi connectivity index (χ2v) is 6.46. The molecule has 142 valence electrons. The Balaban J connectivity index is 1.47. The maximum atomic E-state index is 13.5. The summed E-state index contributed by atoms with van der Waals surface area (Å²) in [4.78, 5) is 25.7. The van der Waals surface area contributed by atoms with Crippen LogP contribution in [-0.4, -0.2) is 43.1 Å². The van der Waals surface area contributed by atoms with Gasteiger partial charge in [-0.3, -0.25) is 4.79 Å². The first-order valence-electron chi connectivity index (χ1n) is 8.83. The van der Waals surface area contributed by atoms with E-state index in [-0.39, 0.29) is 30.3 Å². The Hall–Kier alpha value is -3.09. The van der Waals surface area contributed by atoms with Crippen molar-refractivity contribution in [2.75, 3.05) is 25.5 Å². The van der Waals surface area contributed by atoms with E-state index < -0.39 is 5.82 Å². The summed E-state index contributed by atoms with van der Waals surface area (Å²) in [6.45, 7) is 0.501. The van der Waals surface area contributed by atoms with Gasteiger partial charge in [-0.1, -0.05) is 12.1 Å². The number of carbonyl (C=O) groups is 2. The molecule has 0 atom stereocenters. The van der Waals surface area contributed by atoms with Crippen LogP contribution in [0.4, 0.5) is 14.9 Å². The van der Waals surface area contributed by atoms with Crippen LogP contribution < -0.4 is 15.4 Å². The SMILES string of the molecule is CN(CCOc1ccccc1F)C(=O)c1ccc(NC(=O)NC2CC2)cc1. The predicted molar refractivity (Wildman–Crippen MR) is 100 cm³/mol. The molecule has 27 heavy (non-hydrogen) atoms. The predicted octanol–water partition coefficient (Wildman–Crippen LogP) is 3.26. The summed E-state index contributed by atoms with van der Waals surface area (Å²) in [6.07, 6.45) is 2.04. The Morgan fingerprint density at radius 1 is 1.15 bits per heavy atom. The molecular formula is C20H22FN3O3. The third kappa shape index (κ3) is 5.44. The first-order valence-corrected chi connectivity index (χ1v) is 8.83. The first-order chi connectivity index (χ1) is 13.0. The Labute approximate surface area is 157 Å². The molecule has 0 spiro atoms. The van der Waals surface area contributed by atoms with Crippen molar-refractivity contribution in [3.05, 3.63) is 59.9 Å². The van der Waals surface area contributed by atoms with Crippen LogP contribution in [0.1, 0.15) is 23.2 Å². The summed E-state index contributed by atoms with van der Waals surface area (Å²) < 4.78 is 18.9. The number of likely N-dealkylation sites (N-methyl/N-ethyl adjacent to an activating group) is 1. The lowest BCUT2D eigenvalue weighted by molar-refractivity contribution is 0.0773. The van der Waals surface area contributed by atoms with Gasteiger partial charge in [-0.05, 0) is 49.2 Å². The number of para-hydroxylation sites is 1. The highest BCUT2D eigenvalue weighted by Crippen LogP contribution is 2.19. The van der Waals surface area contributed by atoms with Crippen molar-refractivity contribution in [2.45, 2.75) is 18.9 Å². The van der Waals surface area contributed by atoms with Crippen LogP contribution in [0.5, 0.6) is 5.75 Å². The van der Waals surface area contributed by atoms with Gasteiger partial charge in [-0.15, -0.1) is 0 Å². The van der Waals surface area contributed by atoms with Gasteiger partial charge >= 0.3 is 6.03 Å². The fourth-order valence-electron chi connectivity index (χ4n) is 2.45. The Morgan fingerprint density at radius 3 is 2.52 bits per heavy atom. The standard InChI is InChI=1S/C20H22FN3O3/c1-24(12-13-27-18-5-3-2-4-17(18)21)19(25)14-6-8-15(9-7-14)22-20(26)23-16-10-11-16/h2-9,16H,10-13H2,1H3,(H2,22,23,26). The zero-order valence-corrected chi connectivity index (χ0v) is 15.1. The summed E-state index contributed by atoms with van der Waals surface area (Å²) in [6, 6.07) is 12.9. The minimum atomic E-state index is -0.430. The van der Waals surface area contributed by atoms with E-state index in [0.717, 1.165) is 12.8 Å². The molecule has 2 aromatic rings. The third-order valence-electron chi connectivity index (χ3n) is 4.17. The van der Waals surface area contributed by atoms with Crippen LogP contribution in [0.2, 0.25) is 0 Å². The molecule has 0 bridgehead atoms. The third-order valence-corrected chi connectivity index (χ3v) is 4.17. The molecule has 3 amide bonds. The fraction of sp³-hybridized carbons (Fsp3) is 0.300. The first kappa shape index (κ1) is 18.7. The van der Waals surface area contributed by atoms with Gasteiger partial charge in [0.1, 0.15) is 6.61 Å². The number of nitrogens with one attached hydrogen (secondary N) is 2. The smallest absolute Gasteiger partial charge is 0.319 e. The monoisotopic (exact) mass is 371 g/mol. The van der Waals surface area contributed by atoms with Crippen LogP contribution >= 0.6 is 0 Å². The average molecular weight is 371 g/mol. The molecule has 6 nitrogen and oxygen atoms in total. The summed E-state index contributed by atoms with van der Waals surface area (Å²) in [7, 11) is 1.66. The van der Waals surface area contributed by atoms with Crippen molar-refractivity contribution in [3.63, 3.8) is 0 Å². The Kier molecular flexibility index (Phi) is 5.90. The molecule has 1 aliphatic carbocycles. The molecule has 0 aliphatic heterocycles. The largest absolute Gasteiger partial charge is 0.489 e. The van der Waals surface area contributed by atoms with E-state index in [9.17, 15) is 14.0 Å². The molecule has 1 fully saturated rings. The summed E-state index contributed by atoms with van der Waals surface area (Å²) in [5.74, 6) is -0.445. The van der Waals surface area contributed by atoms with Gasteiger partial charge in [0.15, 0.2) is 11.6 Å². The highest BCUT2D eigenvalue weighted by Gasteiger charge is 2.23. The second-order valence-electron chi connectivity index (χ2n) is 6.46. The lowest BCUT2D eigenvalue weighted by Gasteiger charge is -2.18. The quantitative estimate of drug-likeness (QED) is 0.785. The molecule has 2 aromatic carbocycles. The highest BCUT2D eigenvalue weighted by atomic mass is 19.1. The molecule has 1 aliphatic rings. The highest BCUT2D eigenvalue weighted by molar-refractivity contribution is 5.95. The van der Waals surface area contributed by atoms with Gasteiger partial charge < -0.3 is 20.3 Å². The zero-order valence-electron chi connectivity index (χ0n) is 15.1. The van der Waals surface area contributed by atoms with Crippen LogP contribution in [0.3, 0.4) is 0 Å². The summed E-state index contributed by atoms with van der Waals surface area (Å²) >= 11 is 0. The molecule has 7 heteroatoms. The summed E-state index contributed by atoms with van der Waals surface area (Å²) in [5, 5.41) is 5.57. The lowest BCUT2D eigenvalue weighted by Crippen LogP contribution is -2.31. The molecular weight excluding hydrogens is 349 g/mol. The van der Waals surface area contributed by atoms with Gasteiger partial charge in [-0.25, -0.2) is 9.18 Å². The number of halogens is 1. The van der Waals surface area contributed by atoms with Crippen molar-refractivity contribution in [2.24, 2.45) is 0 Å².